The second-order valence-corrected chi connectivity index (χ2v) is 6.29. The largest absolute Gasteiger partial charge is 0.493 e. The van der Waals surface area contributed by atoms with E-state index in [1.54, 1.807) is 14.2 Å². The molecule has 0 radical (unpaired) electrons. The molecule has 2 aliphatic rings. The standard InChI is InChI=1S/C18H25NO2/c1-4-7-15-14-11-17(21-3)16(20-2)10-13(14)12-18(19-15)8-5-6-9-18/h4,10-11,15,19H,1,5-9,12H2,2-3H3/t15-/m0/s1. The van der Waals surface area contributed by atoms with Crippen molar-refractivity contribution >= 4 is 0 Å². The zero-order valence-corrected chi connectivity index (χ0v) is 13.1. The molecule has 1 aliphatic heterocycles. The number of rotatable bonds is 4. The van der Waals surface area contributed by atoms with E-state index in [0.717, 1.165) is 24.3 Å². The first-order chi connectivity index (χ1) is 10.2. The van der Waals surface area contributed by atoms with Gasteiger partial charge in [0.05, 0.1) is 14.2 Å². The zero-order chi connectivity index (χ0) is 14.9. The van der Waals surface area contributed by atoms with Gasteiger partial charge in [0, 0.05) is 11.6 Å². The molecule has 1 aliphatic carbocycles. The third-order valence-corrected chi connectivity index (χ3v) is 4.99. The maximum absolute atomic E-state index is 5.48. The van der Waals surface area contributed by atoms with Crippen LogP contribution in [0, 0.1) is 0 Å². The summed E-state index contributed by atoms with van der Waals surface area (Å²) in [7, 11) is 3.40. The molecule has 1 N–H and O–H groups in total. The van der Waals surface area contributed by atoms with Crippen LogP contribution in [-0.4, -0.2) is 19.8 Å². The molecule has 0 unspecified atom stereocenters. The SMILES string of the molecule is C=CC[C@@H]1NC2(CCCC2)Cc2cc(OC)c(OC)cc21. The molecule has 114 valence electrons. The van der Waals surface area contributed by atoms with Crippen LogP contribution in [-0.2, 0) is 6.42 Å². The lowest BCUT2D eigenvalue weighted by Gasteiger charge is -2.41. The van der Waals surface area contributed by atoms with E-state index < -0.39 is 0 Å². The van der Waals surface area contributed by atoms with Crippen molar-refractivity contribution in [2.75, 3.05) is 14.2 Å². The minimum absolute atomic E-state index is 0.278. The monoisotopic (exact) mass is 287 g/mol. The van der Waals surface area contributed by atoms with Crippen LogP contribution in [0.3, 0.4) is 0 Å². The highest BCUT2D eigenvalue weighted by Crippen LogP contribution is 2.44. The minimum Gasteiger partial charge on any atom is -0.493 e. The third kappa shape index (κ3) is 2.55. The van der Waals surface area contributed by atoms with E-state index in [1.165, 1.54) is 36.8 Å². The van der Waals surface area contributed by atoms with Crippen molar-refractivity contribution in [1.29, 1.82) is 0 Å². The number of methoxy groups -OCH3 is 2. The molecule has 1 fully saturated rings. The highest BCUT2D eigenvalue weighted by molar-refractivity contribution is 5.50. The van der Waals surface area contributed by atoms with Crippen molar-refractivity contribution in [3.63, 3.8) is 0 Å². The maximum Gasteiger partial charge on any atom is 0.161 e. The molecule has 1 aromatic carbocycles. The van der Waals surface area contributed by atoms with E-state index in [2.05, 4.69) is 24.0 Å². The van der Waals surface area contributed by atoms with Crippen LogP contribution >= 0.6 is 0 Å². The second kappa shape index (κ2) is 5.72. The van der Waals surface area contributed by atoms with Gasteiger partial charge in [-0.05, 0) is 48.9 Å². The number of hydrogen-bond acceptors (Lipinski definition) is 3. The molecular formula is C18H25NO2. The smallest absolute Gasteiger partial charge is 0.161 e. The molecule has 1 aromatic rings. The summed E-state index contributed by atoms with van der Waals surface area (Å²) < 4.78 is 11.0. The number of hydrogen-bond donors (Lipinski definition) is 1. The maximum atomic E-state index is 5.48. The molecule has 0 amide bonds. The molecule has 1 atom stereocenters. The Bertz CT molecular complexity index is 532. The van der Waals surface area contributed by atoms with Gasteiger partial charge in [0.1, 0.15) is 0 Å². The van der Waals surface area contributed by atoms with Crippen LogP contribution in [0.2, 0.25) is 0 Å². The van der Waals surface area contributed by atoms with Gasteiger partial charge < -0.3 is 14.8 Å². The van der Waals surface area contributed by atoms with Gasteiger partial charge in [-0.3, -0.25) is 0 Å². The number of ether oxygens (including phenoxy) is 2. The first-order valence-corrected chi connectivity index (χ1v) is 7.85. The van der Waals surface area contributed by atoms with E-state index >= 15 is 0 Å². The van der Waals surface area contributed by atoms with Gasteiger partial charge in [0.15, 0.2) is 11.5 Å². The molecule has 0 bridgehead atoms. The quantitative estimate of drug-likeness (QED) is 0.855. The Balaban J connectivity index is 2.04. The van der Waals surface area contributed by atoms with E-state index in [-0.39, 0.29) is 5.54 Å². The van der Waals surface area contributed by atoms with Crippen molar-refractivity contribution in [3.05, 3.63) is 35.9 Å². The second-order valence-electron chi connectivity index (χ2n) is 6.29. The van der Waals surface area contributed by atoms with Crippen LogP contribution < -0.4 is 14.8 Å². The average molecular weight is 287 g/mol. The van der Waals surface area contributed by atoms with E-state index in [0.29, 0.717) is 6.04 Å². The topological polar surface area (TPSA) is 30.5 Å². The summed E-state index contributed by atoms with van der Waals surface area (Å²) in [6.45, 7) is 3.92. The summed E-state index contributed by atoms with van der Waals surface area (Å²) in [5, 5.41) is 3.91. The fourth-order valence-corrected chi connectivity index (χ4v) is 4.00. The van der Waals surface area contributed by atoms with Crippen molar-refractivity contribution in [2.24, 2.45) is 0 Å². The summed E-state index contributed by atoms with van der Waals surface area (Å²) >= 11 is 0. The van der Waals surface area contributed by atoms with Gasteiger partial charge in [-0.15, -0.1) is 6.58 Å². The molecule has 1 heterocycles. The van der Waals surface area contributed by atoms with Crippen molar-refractivity contribution in [3.8, 4) is 11.5 Å². The lowest BCUT2D eigenvalue weighted by Crippen LogP contribution is -2.50. The Morgan fingerprint density at radius 2 is 1.90 bits per heavy atom. The fourth-order valence-electron chi connectivity index (χ4n) is 4.00. The van der Waals surface area contributed by atoms with E-state index in [1.807, 2.05) is 6.08 Å². The van der Waals surface area contributed by atoms with Crippen LogP contribution in [0.1, 0.15) is 49.3 Å². The average Bonchev–Trinajstić information content (AvgIpc) is 2.94. The Morgan fingerprint density at radius 3 is 2.52 bits per heavy atom. The molecule has 3 rings (SSSR count). The molecule has 1 spiro atoms. The first kappa shape index (κ1) is 14.5. The van der Waals surface area contributed by atoms with Crippen LogP contribution in [0.5, 0.6) is 11.5 Å². The number of benzene rings is 1. The zero-order valence-electron chi connectivity index (χ0n) is 13.1. The Labute approximate surface area is 127 Å². The van der Waals surface area contributed by atoms with Crippen molar-refractivity contribution in [2.45, 2.75) is 50.1 Å². The molecule has 3 nitrogen and oxygen atoms in total. The Kier molecular flexibility index (Phi) is 3.94. The molecule has 21 heavy (non-hydrogen) atoms. The Hall–Kier alpha value is -1.48. The van der Waals surface area contributed by atoms with Crippen LogP contribution in [0.4, 0.5) is 0 Å². The molecular weight excluding hydrogens is 262 g/mol. The summed E-state index contributed by atoms with van der Waals surface area (Å²) in [5.74, 6) is 1.65. The normalized spacial score (nSPS) is 22.9. The number of fused-ring (bicyclic) bond motifs is 1. The summed E-state index contributed by atoms with van der Waals surface area (Å²) in [6, 6.07) is 4.65. The van der Waals surface area contributed by atoms with Gasteiger partial charge in [0.2, 0.25) is 0 Å². The first-order valence-electron chi connectivity index (χ1n) is 7.85. The fraction of sp³-hybridized carbons (Fsp3) is 0.556. The van der Waals surface area contributed by atoms with Gasteiger partial charge in [0.25, 0.3) is 0 Å². The Morgan fingerprint density at radius 1 is 1.24 bits per heavy atom. The lowest BCUT2D eigenvalue weighted by atomic mass is 9.79. The molecule has 0 saturated heterocycles. The van der Waals surface area contributed by atoms with Gasteiger partial charge in [-0.25, -0.2) is 0 Å². The summed E-state index contributed by atoms with van der Waals surface area (Å²) in [5.41, 5.74) is 3.02. The molecule has 3 heteroatoms. The summed E-state index contributed by atoms with van der Waals surface area (Å²) in [4.78, 5) is 0. The molecule has 0 aromatic heterocycles. The number of nitrogens with one attached hydrogen (secondary N) is 1. The predicted molar refractivity (Wildman–Crippen MR) is 85.1 cm³/mol. The predicted octanol–water partition coefficient (Wildman–Crippen LogP) is 3.78. The van der Waals surface area contributed by atoms with Crippen LogP contribution in [0.15, 0.2) is 24.8 Å². The molecule has 1 saturated carbocycles. The highest BCUT2D eigenvalue weighted by atomic mass is 16.5. The third-order valence-electron chi connectivity index (χ3n) is 4.99. The summed E-state index contributed by atoms with van der Waals surface area (Å²) in [6.07, 6.45) is 9.25. The van der Waals surface area contributed by atoms with Crippen LogP contribution in [0.25, 0.3) is 0 Å². The van der Waals surface area contributed by atoms with Crippen molar-refractivity contribution in [1.82, 2.24) is 5.32 Å². The van der Waals surface area contributed by atoms with Crippen molar-refractivity contribution < 1.29 is 9.47 Å². The van der Waals surface area contributed by atoms with Gasteiger partial charge in [-0.2, -0.15) is 0 Å². The van der Waals surface area contributed by atoms with Gasteiger partial charge >= 0.3 is 0 Å². The lowest BCUT2D eigenvalue weighted by molar-refractivity contribution is 0.265. The van der Waals surface area contributed by atoms with E-state index in [4.69, 9.17) is 9.47 Å². The van der Waals surface area contributed by atoms with Gasteiger partial charge in [-0.1, -0.05) is 18.9 Å². The van der Waals surface area contributed by atoms with E-state index in [9.17, 15) is 0 Å². The minimum atomic E-state index is 0.278. The highest BCUT2D eigenvalue weighted by Gasteiger charge is 2.40.